The molecule has 0 radical (unpaired) electrons. The van der Waals surface area contributed by atoms with Crippen LogP contribution in [0, 0.1) is 0 Å². The molecule has 3 N–H and O–H groups in total. The number of carboxylic acids is 1. The topological polar surface area (TPSA) is 94.7 Å². The molecule has 0 saturated carbocycles. The molecule has 6 nitrogen and oxygen atoms in total. The summed E-state index contributed by atoms with van der Waals surface area (Å²) in [5, 5.41) is 8.60. The maximum absolute atomic E-state index is 10.5. The molecular formula is C12H18N2O4. The summed E-state index contributed by atoms with van der Waals surface area (Å²) in [7, 11) is 3.06. The Hall–Kier alpha value is -1.82. The van der Waals surface area contributed by atoms with E-state index in [-0.39, 0.29) is 12.5 Å². The highest BCUT2D eigenvalue weighted by atomic mass is 16.5. The van der Waals surface area contributed by atoms with Gasteiger partial charge in [-0.3, -0.25) is 9.78 Å². The zero-order valence-electron chi connectivity index (χ0n) is 10.5. The van der Waals surface area contributed by atoms with Gasteiger partial charge in [0.1, 0.15) is 11.5 Å². The van der Waals surface area contributed by atoms with E-state index in [0.29, 0.717) is 24.3 Å². The lowest BCUT2D eigenvalue weighted by molar-refractivity contribution is -0.137. The molecule has 0 saturated heterocycles. The van der Waals surface area contributed by atoms with Crippen LogP contribution in [0.3, 0.4) is 0 Å². The Kier molecular flexibility index (Phi) is 5.38. The van der Waals surface area contributed by atoms with Gasteiger partial charge >= 0.3 is 5.97 Å². The van der Waals surface area contributed by atoms with Crippen LogP contribution in [-0.4, -0.2) is 30.3 Å². The van der Waals surface area contributed by atoms with E-state index < -0.39 is 5.97 Å². The van der Waals surface area contributed by atoms with Crippen LogP contribution >= 0.6 is 0 Å². The van der Waals surface area contributed by atoms with Crippen molar-refractivity contribution >= 4 is 5.97 Å². The van der Waals surface area contributed by atoms with Crippen molar-refractivity contribution < 1.29 is 19.4 Å². The van der Waals surface area contributed by atoms with Gasteiger partial charge in [0, 0.05) is 12.5 Å². The van der Waals surface area contributed by atoms with Gasteiger partial charge in [0.15, 0.2) is 0 Å². The summed E-state index contributed by atoms with van der Waals surface area (Å²) < 4.78 is 10.4. The highest BCUT2D eigenvalue weighted by Gasteiger charge is 2.18. The molecule has 1 atom stereocenters. The molecular weight excluding hydrogens is 236 g/mol. The first-order chi connectivity index (χ1) is 8.60. The predicted molar refractivity (Wildman–Crippen MR) is 65.8 cm³/mol. The standard InChI is InChI=1S/C12H18N2O4/c1-17-9-6-14-7-10(18-2)12(9)8(13)4-3-5-11(15)16/h6-8H,3-5,13H2,1-2H3,(H,15,16). The van der Waals surface area contributed by atoms with Crippen LogP contribution in [0.1, 0.15) is 30.9 Å². The molecule has 1 aromatic heterocycles. The first kappa shape index (κ1) is 14.2. The number of carboxylic acid groups (broad SMARTS) is 1. The quantitative estimate of drug-likeness (QED) is 0.762. The molecule has 0 aliphatic heterocycles. The molecule has 0 aromatic carbocycles. The number of aliphatic carboxylic acids is 1. The van der Waals surface area contributed by atoms with Crippen molar-refractivity contribution in [2.75, 3.05) is 14.2 Å². The number of nitrogens with two attached hydrogens (primary N) is 1. The van der Waals surface area contributed by atoms with Crippen LogP contribution in [0.25, 0.3) is 0 Å². The Morgan fingerprint density at radius 2 is 1.94 bits per heavy atom. The third-order valence-electron chi connectivity index (χ3n) is 2.63. The molecule has 0 fully saturated rings. The van der Waals surface area contributed by atoms with E-state index in [0.717, 1.165) is 5.56 Å². The second-order valence-electron chi connectivity index (χ2n) is 3.85. The molecule has 6 heteroatoms. The Labute approximate surface area is 106 Å². The zero-order chi connectivity index (χ0) is 13.5. The summed E-state index contributed by atoms with van der Waals surface area (Å²) in [6.07, 6.45) is 4.28. The average Bonchev–Trinajstić information content (AvgIpc) is 2.36. The smallest absolute Gasteiger partial charge is 0.303 e. The van der Waals surface area contributed by atoms with Crippen molar-refractivity contribution in [3.05, 3.63) is 18.0 Å². The van der Waals surface area contributed by atoms with Crippen LogP contribution in [0.15, 0.2) is 12.4 Å². The summed E-state index contributed by atoms with van der Waals surface area (Å²) in [5.74, 6) is 0.283. The number of hydrogen-bond donors (Lipinski definition) is 2. The third-order valence-corrected chi connectivity index (χ3v) is 2.63. The lowest BCUT2D eigenvalue weighted by Crippen LogP contribution is -2.14. The highest BCUT2D eigenvalue weighted by molar-refractivity contribution is 5.66. The number of hydrogen-bond acceptors (Lipinski definition) is 5. The molecule has 100 valence electrons. The molecule has 0 aliphatic rings. The maximum atomic E-state index is 10.5. The molecule has 0 aliphatic carbocycles. The molecule has 1 aromatic rings. The molecule has 0 bridgehead atoms. The van der Waals surface area contributed by atoms with E-state index in [2.05, 4.69) is 4.98 Å². The van der Waals surface area contributed by atoms with Gasteiger partial charge in [-0.25, -0.2) is 0 Å². The Bertz CT molecular complexity index is 387. The minimum Gasteiger partial charge on any atom is -0.495 e. The average molecular weight is 254 g/mol. The van der Waals surface area contributed by atoms with Crippen LogP contribution < -0.4 is 15.2 Å². The Morgan fingerprint density at radius 1 is 1.39 bits per heavy atom. The second kappa shape index (κ2) is 6.80. The van der Waals surface area contributed by atoms with E-state index in [1.165, 1.54) is 14.2 Å². The van der Waals surface area contributed by atoms with Crippen molar-refractivity contribution in [1.82, 2.24) is 4.98 Å². The van der Waals surface area contributed by atoms with Gasteiger partial charge in [0.05, 0.1) is 32.2 Å². The summed E-state index contributed by atoms with van der Waals surface area (Å²) in [6.45, 7) is 0. The van der Waals surface area contributed by atoms with Gasteiger partial charge in [0.25, 0.3) is 0 Å². The van der Waals surface area contributed by atoms with Crippen molar-refractivity contribution in [2.45, 2.75) is 25.3 Å². The van der Waals surface area contributed by atoms with Gasteiger partial charge in [-0.1, -0.05) is 0 Å². The molecule has 18 heavy (non-hydrogen) atoms. The van der Waals surface area contributed by atoms with E-state index in [1.54, 1.807) is 12.4 Å². The van der Waals surface area contributed by atoms with Crippen LogP contribution in [0.4, 0.5) is 0 Å². The van der Waals surface area contributed by atoms with Gasteiger partial charge < -0.3 is 20.3 Å². The lowest BCUT2D eigenvalue weighted by Gasteiger charge is -2.17. The zero-order valence-corrected chi connectivity index (χ0v) is 10.5. The maximum Gasteiger partial charge on any atom is 0.303 e. The summed E-state index contributed by atoms with van der Waals surface area (Å²) >= 11 is 0. The Balaban J connectivity index is 2.82. The van der Waals surface area contributed by atoms with Crippen LogP contribution in [-0.2, 0) is 4.79 Å². The number of nitrogens with zero attached hydrogens (tertiary/aromatic N) is 1. The van der Waals surface area contributed by atoms with E-state index in [9.17, 15) is 4.79 Å². The fraction of sp³-hybridized carbons (Fsp3) is 0.500. The van der Waals surface area contributed by atoms with Crippen molar-refractivity contribution in [1.29, 1.82) is 0 Å². The number of aromatic nitrogens is 1. The lowest BCUT2D eigenvalue weighted by atomic mass is 10.0. The number of pyridine rings is 1. The van der Waals surface area contributed by atoms with Gasteiger partial charge in [-0.2, -0.15) is 0 Å². The SMILES string of the molecule is COc1cncc(OC)c1C(N)CCCC(=O)O. The largest absolute Gasteiger partial charge is 0.495 e. The van der Waals surface area contributed by atoms with E-state index in [1.807, 2.05) is 0 Å². The fourth-order valence-corrected chi connectivity index (χ4v) is 1.74. The summed E-state index contributed by atoms with van der Waals surface area (Å²) in [4.78, 5) is 14.4. The van der Waals surface area contributed by atoms with Crippen LogP contribution in [0.5, 0.6) is 11.5 Å². The minimum absolute atomic E-state index is 0.101. The number of rotatable bonds is 7. The highest BCUT2D eigenvalue weighted by Crippen LogP contribution is 2.33. The molecule has 1 unspecified atom stereocenters. The number of methoxy groups -OCH3 is 2. The fourth-order valence-electron chi connectivity index (χ4n) is 1.74. The van der Waals surface area contributed by atoms with Gasteiger partial charge in [-0.05, 0) is 12.8 Å². The molecule has 1 rings (SSSR count). The van der Waals surface area contributed by atoms with Gasteiger partial charge in [-0.15, -0.1) is 0 Å². The predicted octanol–water partition coefficient (Wildman–Crippen LogP) is 1.35. The van der Waals surface area contributed by atoms with Crippen molar-refractivity contribution in [3.63, 3.8) is 0 Å². The first-order valence-corrected chi connectivity index (χ1v) is 5.63. The Morgan fingerprint density at radius 3 is 2.39 bits per heavy atom. The van der Waals surface area contributed by atoms with E-state index >= 15 is 0 Å². The third kappa shape index (κ3) is 3.59. The summed E-state index contributed by atoms with van der Waals surface area (Å²) in [6, 6.07) is -0.336. The van der Waals surface area contributed by atoms with Gasteiger partial charge in [0.2, 0.25) is 0 Å². The molecule has 1 heterocycles. The number of ether oxygens (including phenoxy) is 2. The minimum atomic E-state index is -0.823. The van der Waals surface area contributed by atoms with E-state index in [4.69, 9.17) is 20.3 Å². The first-order valence-electron chi connectivity index (χ1n) is 5.63. The number of carbonyl (C=O) groups is 1. The molecule has 0 spiro atoms. The summed E-state index contributed by atoms with van der Waals surface area (Å²) in [5.41, 5.74) is 6.78. The van der Waals surface area contributed by atoms with Crippen molar-refractivity contribution in [2.24, 2.45) is 5.73 Å². The molecule has 0 amide bonds. The monoisotopic (exact) mass is 254 g/mol. The van der Waals surface area contributed by atoms with Crippen LogP contribution in [0.2, 0.25) is 0 Å². The normalized spacial score (nSPS) is 11.9. The van der Waals surface area contributed by atoms with Crippen molar-refractivity contribution in [3.8, 4) is 11.5 Å². The second-order valence-corrected chi connectivity index (χ2v) is 3.85.